The summed E-state index contributed by atoms with van der Waals surface area (Å²) in [5.74, 6) is -1.12. The van der Waals surface area contributed by atoms with E-state index in [9.17, 15) is 9.59 Å². The minimum absolute atomic E-state index is 0.0524. The first kappa shape index (κ1) is 13.3. The summed E-state index contributed by atoms with van der Waals surface area (Å²) in [5, 5.41) is 15.0. The van der Waals surface area contributed by atoms with Crippen molar-refractivity contribution in [3.63, 3.8) is 0 Å². The van der Waals surface area contributed by atoms with Gasteiger partial charge in [0.1, 0.15) is 0 Å². The average Bonchev–Trinajstić information content (AvgIpc) is 3.04. The van der Waals surface area contributed by atoms with E-state index in [4.69, 9.17) is 5.11 Å². The highest BCUT2D eigenvalue weighted by Gasteiger charge is 2.57. The van der Waals surface area contributed by atoms with Crippen LogP contribution in [0.2, 0.25) is 0 Å². The van der Waals surface area contributed by atoms with Crippen molar-refractivity contribution in [2.75, 3.05) is 19.6 Å². The third-order valence-electron chi connectivity index (χ3n) is 4.47. The lowest BCUT2D eigenvalue weighted by molar-refractivity contribution is -0.141. The number of carboxylic acid groups (broad SMARTS) is 1. The first-order valence-corrected chi connectivity index (χ1v) is 6.80. The molecule has 1 spiro atoms. The van der Waals surface area contributed by atoms with Gasteiger partial charge in [-0.1, -0.05) is 6.92 Å². The molecule has 2 atom stereocenters. The fourth-order valence-electron chi connectivity index (χ4n) is 2.95. The topological polar surface area (TPSA) is 78.4 Å². The van der Waals surface area contributed by atoms with Gasteiger partial charge >= 0.3 is 5.97 Å². The molecule has 0 bridgehead atoms. The van der Waals surface area contributed by atoms with Crippen LogP contribution < -0.4 is 10.6 Å². The number of carbonyl (C=O) groups excluding carboxylic acids is 1. The van der Waals surface area contributed by atoms with E-state index in [2.05, 4.69) is 10.6 Å². The zero-order valence-corrected chi connectivity index (χ0v) is 10.9. The molecule has 1 aliphatic heterocycles. The molecule has 102 valence electrons. The molecule has 2 aliphatic rings. The smallest absolute Gasteiger partial charge is 0.308 e. The molecule has 1 saturated heterocycles. The summed E-state index contributed by atoms with van der Waals surface area (Å²) in [7, 11) is 0. The van der Waals surface area contributed by atoms with E-state index in [1.165, 1.54) is 0 Å². The lowest BCUT2D eigenvalue weighted by atomic mass is 9.91. The fourth-order valence-corrected chi connectivity index (χ4v) is 2.95. The molecule has 0 aromatic rings. The Morgan fingerprint density at radius 3 is 2.67 bits per heavy atom. The molecule has 1 amide bonds. The maximum Gasteiger partial charge on any atom is 0.308 e. The first-order valence-electron chi connectivity index (χ1n) is 6.80. The molecule has 5 nitrogen and oxygen atoms in total. The molecule has 1 saturated carbocycles. The van der Waals surface area contributed by atoms with Gasteiger partial charge in [-0.3, -0.25) is 9.59 Å². The molecule has 2 rings (SSSR count). The second-order valence-corrected chi connectivity index (χ2v) is 5.56. The first-order chi connectivity index (χ1) is 8.59. The summed E-state index contributed by atoms with van der Waals surface area (Å²) < 4.78 is 0. The highest BCUT2D eigenvalue weighted by atomic mass is 16.4. The Morgan fingerprint density at radius 1 is 1.44 bits per heavy atom. The molecule has 18 heavy (non-hydrogen) atoms. The summed E-state index contributed by atoms with van der Waals surface area (Å²) in [5.41, 5.74) is 0.222. The Kier molecular flexibility index (Phi) is 3.90. The van der Waals surface area contributed by atoms with Gasteiger partial charge in [-0.05, 0) is 44.2 Å². The summed E-state index contributed by atoms with van der Waals surface area (Å²) in [4.78, 5) is 22.9. The van der Waals surface area contributed by atoms with Crippen LogP contribution in [0.4, 0.5) is 0 Å². The quantitative estimate of drug-likeness (QED) is 0.671. The van der Waals surface area contributed by atoms with Crippen molar-refractivity contribution in [3.8, 4) is 0 Å². The van der Waals surface area contributed by atoms with E-state index in [1.54, 1.807) is 0 Å². The molecule has 2 fully saturated rings. The average molecular weight is 254 g/mol. The van der Waals surface area contributed by atoms with Crippen LogP contribution in [-0.2, 0) is 9.59 Å². The van der Waals surface area contributed by atoms with Gasteiger partial charge in [0.05, 0.1) is 5.92 Å². The predicted molar refractivity (Wildman–Crippen MR) is 67.1 cm³/mol. The molecule has 0 aromatic carbocycles. The van der Waals surface area contributed by atoms with Gasteiger partial charge in [0.15, 0.2) is 0 Å². The minimum atomic E-state index is -0.829. The maximum absolute atomic E-state index is 12.0. The molecule has 0 radical (unpaired) electrons. The number of carbonyl (C=O) groups is 2. The summed E-state index contributed by atoms with van der Waals surface area (Å²) in [6.07, 6.45) is 3.67. The van der Waals surface area contributed by atoms with Gasteiger partial charge in [-0.2, -0.15) is 0 Å². The molecular weight excluding hydrogens is 232 g/mol. The number of hydrogen-bond acceptors (Lipinski definition) is 3. The van der Waals surface area contributed by atoms with Gasteiger partial charge in [0.2, 0.25) is 5.91 Å². The Hall–Kier alpha value is -1.10. The van der Waals surface area contributed by atoms with Crippen molar-refractivity contribution in [3.05, 3.63) is 0 Å². The number of amides is 1. The van der Waals surface area contributed by atoms with Crippen molar-refractivity contribution in [2.45, 2.75) is 32.6 Å². The highest BCUT2D eigenvalue weighted by Crippen LogP contribution is 2.58. The second-order valence-electron chi connectivity index (χ2n) is 5.56. The van der Waals surface area contributed by atoms with Gasteiger partial charge in [-0.15, -0.1) is 0 Å². The van der Waals surface area contributed by atoms with Crippen LogP contribution in [-0.4, -0.2) is 36.6 Å². The lowest BCUT2D eigenvalue weighted by Gasteiger charge is -2.23. The zero-order chi connectivity index (χ0) is 13.2. The van der Waals surface area contributed by atoms with E-state index in [0.29, 0.717) is 6.42 Å². The van der Waals surface area contributed by atoms with Crippen LogP contribution in [0.25, 0.3) is 0 Å². The van der Waals surface area contributed by atoms with Crippen LogP contribution in [0.15, 0.2) is 0 Å². The van der Waals surface area contributed by atoms with Crippen molar-refractivity contribution in [1.29, 1.82) is 0 Å². The molecule has 0 aromatic heterocycles. The SMILES string of the molecule is CCC(CNC(=O)C1CC12CCNCC2)C(=O)O. The molecule has 3 N–H and O–H groups in total. The largest absolute Gasteiger partial charge is 0.481 e. The Labute approximate surface area is 107 Å². The number of hydrogen-bond donors (Lipinski definition) is 3. The van der Waals surface area contributed by atoms with Gasteiger partial charge in [0.25, 0.3) is 0 Å². The molecule has 1 aliphatic carbocycles. The number of nitrogens with one attached hydrogen (secondary N) is 2. The standard InChI is InChI=1S/C13H22N2O3/c1-2-9(12(17)18)8-15-11(16)10-7-13(10)3-5-14-6-4-13/h9-10,14H,2-8H2,1H3,(H,15,16)(H,17,18). The van der Waals surface area contributed by atoms with E-state index in [-0.39, 0.29) is 23.8 Å². The third-order valence-corrected chi connectivity index (χ3v) is 4.47. The van der Waals surface area contributed by atoms with Crippen molar-refractivity contribution in [1.82, 2.24) is 10.6 Å². The summed E-state index contributed by atoms with van der Waals surface area (Å²) in [6, 6.07) is 0. The van der Waals surface area contributed by atoms with E-state index in [0.717, 1.165) is 32.4 Å². The van der Waals surface area contributed by atoms with Crippen LogP contribution in [0.3, 0.4) is 0 Å². The number of piperidine rings is 1. The van der Waals surface area contributed by atoms with E-state index in [1.807, 2.05) is 6.92 Å². The van der Waals surface area contributed by atoms with Crippen LogP contribution in [0.1, 0.15) is 32.6 Å². The molecule has 5 heteroatoms. The van der Waals surface area contributed by atoms with Crippen molar-refractivity contribution < 1.29 is 14.7 Å². The lowest BCUT2D eigenvalue weighted by Crippen LogP contribution is -2.36. The van der Waals surface area contributed by atoms with Crippen LogP contribution >= 0.6 is 0 Å². The molecular formula is C13H22N2O3. The predicted octanol–water partition coefficient (Wildman–Crippen LogP) is 0.603. The monoisotopic (exact) mass is 254 g/mol. The number of rotatable bonds is 5. The van der Waals surface area contributed by atoms with Crippen molar-refractivity contribution in [2.24, 2.45) is 17.3 Å². The fraction of sp³-hybridized carbons (Fsp3) is 0.846. The van der Waals surface area contributed by atoms with E-state index >= 15 is 0 Å². The van der Waals surface area contributed by atoms with Gasteiger partial charge in [-0.25, -0.2) is 0 Å². The molecule has 1 heterocycles. The Balaban J connectivity index is 1.78. The summed E-state index contributed by atoms with van der Waals surface area (Å²) >= 11 is 0. The normalized spacial score (nSPS) is 26.6. The zero-order valence-electron chi connectivity index (χ0n) is 10.9. The number of carboxylic acids is 1. The highest BCUT2D eigenvalue weighted by molar-refractivity contribution is 5.83. The van der Waals surface area contributed by atoms with Gasteiger partial charge in [0, 0.05) is 12.5 Å². The second kappa shape index (κ2) is 5.26. The van der Waals surface area contributed by atoms with Crippen molar-refractivity contribution >= 4 is 11.9 Å². The third kappa shape index (κ3) is 2.66. The number of aliphatic carboxylic acids is 1. The van der Waals surface area contributed by atoms with Gasteiger partial charge < -0.3 is 15.7 Å². The van der Waals surface area contributed by atoms with Crippen LogP contribution in [0.5, 0.6) is 0 Å². The van der Waals surface area contributed by atoms with E-state index < -0.39 is 11.9 Å². The maximum atomic E-state index is 12.0. The molecule has 2 unspecified atom stereocenters. The Bertz CT molecular complexity index is 337. The minimum Gasteiger partial charge on any atom is -0.481 e. The summed E-state index contributed by atoms with van der Waals surface area (Å²) in [6.45, 7) is 4.08. The Morgan fingerprint density at radius 2 is 2.11 bits per heavy atom. The van der Waals surface area contributed by atoms with Crippen LogP contribution in [0, 0.1) is 17.3 Å².